The number of nitrogens with zero attached hydrogens (tertiary/aromatic N) is 1. The topological polar surface area (TPSA) is 95.6 Å². The number of halogens is 4. The van der Waals surface area contributed by atoms with Gasteiger partial charge in [0.05, 0.1) is 5.56 Å². The monoisotopic (exact) mass is 529 g/mol. The number of amides is 3. The first-order valence-corrected chi connectivity index (χ1v) is 12.3. The van der Waals surface area contributed by atoms with Gasteiger partial charge in [0.15, 0.2) is 0 Å². The van der Waals surface area contributed by atoms with Crippen molar-refractivity contribution in [1.82, 2.24) is 5.32 Å². The SMILES string of the molecule is CC(C(=O)NC(C)(C)C)N(C(=O)CS(=O)CC(=O)Nc1ccc(F)cc1)c1cccc(C(F)(F)F)c1. The van der Waals surface area contributed by atoms with Gasteiger partial charge in [-0.25, -0.2) is 4.39 Å². The van der Waals surface area contributed by atoms with E-state index in [2.05, 4.69) is 10.6 Å². The fourth-order valence-electron chi connectivity index (χ4n) is 3.14. The molecule has 12 heteroatoms. The van der Waals surface area contributed by atoms with Crippen molar-refractivity contribution in [3.05, 3.63) is 59.9 Å². The predicted molar refractivity (Wildman–Crippen MR) is 129 cm³/mol. The summed E-state index contributed by atoms with van der Waals surface area (Å²) in [5, 5.41) is 5.08. The van der Waals surface area contributed by atoms with Crippen LogP contribution in [0, 0.1) is 5.82 Å². The minimum absolute atomic E-state index is 0.209. The molecule has 0 bridgehead atoms. The van der Waals surface area contributed by atoms with Gasteiger partial charge in [-0.3, -0.25) is 23.5 Å². The number of hydrogen-bond acceptors (Lipinski definition) is 4. The number of anilines is 2. The maximum absolute atomic E-state index is 13.3. The molecule has 0 heterocycles. The zero-order valence-corrected chi connectivity index (χ0v) is 20.9. The summed E-state index contributed by atoms with van der Waals surface area (Å²) in [6.45, 7) is 6.43. The van der Waals surface area contributed by atoms with Gasteiger partial charge in [-0.1, -0.05) is 6.07 Å². The van der Waals surface area contributed by atoms with Crippen molar-refractivity contribution in [1.29, 1.82) is 0 Å². The summed E-state index contributed by atoms with van der Waals surface area (Å²) in [6.07, 6.45) is -4.69. The zero-order chi connectivity index (χ0) is 27.3. The molecule has 2 aromatic carbocycles. The minimum atomic E-state index is -4.69. The molecule has 7 nitrogen and oxygen atoms in total. The van der Waals surface area contributed by atoms with Gasteiger partial charge in [0, 0.05) is 27.7 Å². The van der Waals surface area contributed by atoms with E-state index in [9.17, 15) is 36.2 Å². The quantitative estimate of drug-likeness (QED) is 0.508. The third-order valence-electron chi connectivity index (χ3n) is 4.69. The first-order valence-electron chi connectivity index (χ1n) is 10.8. The number of nitrogens with one attached hydrogen (secondary N) is 2. The van der Waals surface area contributed by atoms with E-state index in [-0.39, 0.29) is 11.4 Å². The molecule has 0 radical (unpaired) electrons. The molecule has 0 aromatic heterocycles. The molecular formula is C24H27F4N3O4S. The summed E-state index contributed by atoms with van der Waals surface area (Å²) >= 11 is 0. The van der Waals surface area contributed by atoms with Crippen LogP contribution in [0.2, 0.25) is 0 Å². The van der Waals surface area contributed by atoms with Crippen LogP contribution in [0.4, 0.5) is 28.9 Å². The molecule has 36 heavy (non-hydrogen) atoms. The molecule has 0 saturated heterocycles. The van der Waals surface area contributed by atoms with Crippen molar-refractivity contribution < 1.29 is 36.2 Å². The highest BCUT2D eigenvalue weighted by Crippen LogP contribution is 2.32. The molecule has 0 fully saturated rings. The number of rotatable bonds is 8. The zero-order valence-electron chi connectivity index (χ0n) is 20.1. The molecule has 2 unspecified atom stereocenters. The van der Waals surface area contributed by atoms with Crippen LogP contribution in [0.1, 0.15) is 33.3 Å². The fourth-order valence-corrected chi connectivity index (χ4v) is 4.02. The lowest BCUT2D eigenvalue weighted by molar-refractivity contribution is -0.137. The second kappa shape index (κ2) is 11.6. The van der Waals surface area contributed by atoms with Crippen LogP contribution in [0.25, 0.3) is 0 Å². The molecule has 2 N–H and O–H groups in total. The summed E-state index contributed by atoms with van der Waals surface area (Å²) < 4.78 is 65.4. The van der Waals surface area contributed by atoms with Gasteiger partial charge in [-0.15, -0.1) is 0 Å². The Hall–Kier alpha value is -3.28. The molecule has 196 valence electrons. The van der Waals surface area contributed by atoms with E-state index in [0.29, 0.717) is 0 Å². The Kier molecular flexibility index (Phi) is 9.36. The Balaban J connectivity index is 2.24. The van der Waals surface area contributed by atoms with Crippen molar-refractivity contribution in [3.8, 4) is 0 Å². The Labute approximate surface area is 208 Å². The van der Waals surface area contributed by atoms with E-state index in [1.807, 2.05) is 0 Å². The summed E-state index contributed by atoms with van der Waals surface area (Å²) in [5.74, 6) is -4.08. The summed E-state index contributed by atoms with van der Waals surface area (Å²) in [6, 6.07) is 7.47. The van der Waals surface area contributed by atoms with Crippen LogP contribution < -0.4 is 15.5 Å². The third kappa shape index (κ3) is 8.74. The number of alkyl halides is 3. The van der Waals surface area contributed by atoms with Crippen LogP contribution in [0.3, 0.4) is 0 Å². The molecule has 2 atom stereocenters. The number of carbonyl (C=O) groups excluding carboxylic acids is 3. The summed E-state index contributed by atoms with van der Waals surface area (Å²) in [5.41, 5.74) is -1.67. The lowest BCUT2D eigenvalue weighted by Gasteiger charge is -2.31. The van der Waals surface area contributed by atoms with Gasteiger partial charge < -0.3 is 10.6 Å². The Morgan fingerprint density at radius 2 is 1.61 bits per heavy atom. The Morgan fingerprint density at radius 1 is 1.00 bits per heavy atom. The largest absolute Gasteiger partial charge is 0.416 e. The van der Waals surface area contributed by atoms with Gasteiger partial charge in [-0.05, 0) is 70.2 Å². The van der Waals surface area contributed by atoms with Gasteiger partial charge in [-0.2, -0.15) is 13.2 Å². The normalized spacial score (nSPS) is 13.4. The average molecular weight is 530 g/mol. The van der Waals surface area contributed by atoms with Crippen LogP contribution >= 0.6 is 0 Å². The highest BCUT2D eigenvalue weighted by Gasteiger charge is 2.34. The van der Waals surface area contributed by atoms with Crippen molar-refractivity contribution >= 4 is 39.9 Å². The van der Waals surface area contributed by atoms with E-state index in [4.69, 9.17) is 0 Å². The highest BCUT2D eigenvalue weighted by molar-refractivity contribution is 7.86. The van der Waals surface area contributed by atoms with Crippen molar-refractivity contribution in [2.75, 3.05) is 21.7 Å². The highest BCUT2D eigenvalue weighted by atomic mass is 32.2. The average Bonchev–Trinajstić information content (AvgIpc) is 2.73. The van der Waals surface area contributed by atoms with Crippen LogP contribution in [-0.4, -0.2) is 45.0 Å². The minimum Gasteiger partial charge on any atom is -0.350 e. The number of hydrogen-bond donors (Lipinski definition) is 2. The van der Waals surface area contributed by atoms with Crippen LogP contribution in [-0.2, 0) is 31.4 Å². The van der Waals surface area contributed by atoms with E-state index < -0.39 is 69.2 Å². The van der Waals surface area contributed by atoms with Gasteiger partial charge in [0.2, 0.25) is 17.7 Å². The summed E-state index contributed by atoms with van der Waals surface area (Å²) in [7, 11) is -2.06. The second-order valence-corrected chi connectivity index (χ2v) is 10.5. The number of benzene rings is 2. The lowest BCUT2D eigenvalue weighted by Crippen LogP contribution is -2.53. The van der Waals surface area contributed by atoms with Crippen molar-refractivity contribution in [2.24, 2.45) is 0 Å². The van der Waals surface area contributed by atoms with Crippen LogP contribution in [0.15, 0.2) is 48.5 Å². The van der Waals surface area contributed by atoms with E-state index in [1.54, 1.807) is 20.8 Å². The lowest BCUT2D eigenvalue weighted by atomic mass is 10.1. The van der Waals surface area contributed by atoms with E-state index >= 15 is 0 Å². The fraction of sp³-hybridized carbons (Fsp3) is 0.375. The Morgan fingerprint density at radius 3 is 2.17 bits per heavy atom. The molecule has 0 aliphatic rings. The molecule has 0 saturated carbocycles. The first kappa shape index (κ1) is 29.0. The maximum atomic E-state index is 13.3. The summed E-state index contributed by atoms with van der Waals surface area (Å²) in [4.78, 5) is 38.9. The third-order valence-corrected chi connectivity index (χ3v) is 5.84. The smallest absolute Gasteiger partial charge is 0.350 e. The predicted octanol–water partition coefficient (Wildman–Crippen LogP) is 3.87. The molecule has 0 aliphatic carbocycles. The van der Waals surface area contributed by atoms with Gasteiger partial charge in [0.25, 0.3) is 0 Å². The van der Waals surface area contributed by atoms with Gasteiger partial charge in [0.1, 0.15) is 23.4 Å². The maximum Gasteiger partial charge on any atom is 0.416 e. The van der Waals surface area contributed by atoms with Crippen molar-refractivity contribution in [2.45, 2.75) is 45.5 Å². The second-order valence-electron chi connectivity index (χ2n) is 9.01. The Bertz CT molecular complexity index is 1130. The first-order chi connectivity index (χ1) is 16.6. The van der Waals surface area contributed by atoms with E-state index in [0.717, 1.165) is 35.2 Å². The molecule has 0 aliphatic heterocycles. The van der Waals surface area contributed by atoms with E-state index in [1.165, 1.54) is 25.1 Å². The molecule has 2 aromatic rings. The van der Waals surface area contributed by atoms with Gasteiger partial charge >= 0.3 is 6.18 Å². The van der Waals surface area contributed by atoms with Crippen molar-refractivity contribution in [3.63, 3.8) is 0 Å². The standard InChI is InChI=1S/C24H27F4N3O4S/c1-15(22(34)30-23(2,3)4)31(19-7-5-6-16(12-19)24(26,27)28)21(33)14-36(35)13-20(32)29-18-10-8-17(25)9-11-18/h5-12,15H,13-14H2,1-4H3,(H,29,32)(H,30,34). The molecular weight excluding hydrogens is 502 g/mol. The molecule has 3 amide bonds. The number of carbonyl (C=O) groups is 3. The molecule has 0 spiro atoms. The van der Waals surface area contributed by atoms with Crippen LogP contribution in [0.5, 0.6) is 0 Å². The molecule has 2 rings (SSSR count).